The smallest absolute Gasteiger partial charge is 0.0492 e. The highest BCUT2D eigenvalue weighted by Crippen LogP contribution is 2.03. The molecule has 16 heavy (non-hydrogen) atoms. The van der Waals surface area contributed by atoms with Crippen LogP contribution in [0, 0.1) is 6.92 Å². The lowest BCUT2D eigenvalue weighted by atomic mass is 10.2. The molecule has 0 fully saturated rings. The van der Waals surface area contributed by atoms with Crippen molar-refractivity contribution in [2.45, 2.75) is 59.0 Å². The molecule has 0 amide bonds. The Kier molecular flexibility index (Phi) is 6.16. The van der Waals surface area contributed by atoms with Gasteiger partial charge in [-0.2, -0.15) is 5.10 Å². The molecule has 1 rings (SSSR count). The maximum absolute atomic E-state index is 4.28. The lowest BCUT2D eigenvalue weighted by molar-refractivity contribution is 0.505. The van der Waals surface area contributed by atoms with E-state index < -0.39 is 0 Å². The van der Waals surface area contributed by atoms with Crippen LogP contribution in [0.2, 0.25) is 0 Å². The fourth-order valence-corrected chi connectivity index (χ4v) is 1.76. The van der Waals surface area contributed by atoms with Crippen molar-refractivity contribution in [3.8, 4) is 0 Å². The van der Waals surface area contributed by atoms with Gasteiger partial charge in [0.1, 0.15) is 0 Å². The van der Waals surface area contributed by atoms with Gasteiger partial charge in [0.2, 0.25) is 0 Å². The molecule has 0 saturated carbocycles. The number of nitrogens with one attached hydrogen (secondary N) is 1. The van der Waals surface area contributed by atoms with E-state index in [-0.39, 0.29) is 0 Å². The normalized spacial score (nSPS) is 11.2. The summed E-state index contributed by atoms with van der Waals surface area (Å²) in [5, 5.41) is 7.72. The van der Waals surface area contributed by atoms with Crippen LogP contribution in [0.15, 0.2) is 12.3 Å². The summed E-state index contributed by atoms with van der Waals surface area (Å²) in [4.78, 5) is 0. The Bertz CT molecular complexity index is 278. The summed E-state index contributed by atoms with van der Waals surface area (Å²) in [7, 11) is 0. The first-order valence-electron chi connectivity index (χ1n) is 6.42. The predicted molar refractivity (Wildman–Crippen MR) is 68.6 cm³/mol. The van der Waals surface area contributed by atoms with Gasteiger partial charge < -0.3 is 5.32 Å². The van der Waals surface area contributed by atoms with Crippen LogP contribution in [0.25, 0.3) is 0 Å². The number of aromatic nitrogens is 2. The first-order chi connectivity index (χ1) is 7.70. The lowest BCUT2D eigenvalue weighted by Crippen LogP contribution is -2.23. The second-order valence-corrected chi connectivity index (χ2v) is 4.72. The quantitative estimate of drug-likeness (QED) is 0.687. The summed E-state index contributed by atoms with van der Waals surface area (Å²) in [6, 6.07) is 2.68. The number of aryl methyl sites for hydroxylation is 2. The number of nitrogens with zero attached hydrogens (tertiary/aromatic N) is 2. The molecule has 0 aliphatic heterocycles. The van der Waals surface area contributed by atoms with Crippen LogP contribution in [0.5, 0.6) is 0 Å². The van der Waals surface area contributed by atoms with Gasteiger partial charge in [0, 0.05) is 24.5 Å². The Hall–Kier alpha value is -0.830. The zero-order valence-electron chi connectivity index (χ0n) is 10.9. The van der Waals surface area contributed by atoms with Gasteiger partial charge in [0.15, 0.2) is 0 Å². The van der Waals surface area contributed by atoms with E-state index in [0.717, 1.165) is 13.1 Å². The highest BCUT2D eigenvalue weighted by atomic mass is 15.3. The van der Waals surface area contributed by atoms with Crippen molar-refractivity contribution in [1.82, 2.24) is 15.1 Å². The summed E-state index contributed by atoms with van der Waals surface area (Å²) in [5.74, 6) is 0. The first kappa shape index (κ1) is 13.2. The number of rotatable bonds is 8. The van der Waals surface area contributed by atoms with Gasteiger partial charge in [-0.1, -0.05) is 26.7 Å². The Morgan fingerprint density at radius 2 is 2.00 bits per heavy atom. The zero-order valence-corrected chi connectivity index (χ0v) is 10.9. The Labute approximate surface area is 99.2 Å². The Balaban J connectivity index is 1.94. The standard InChI is InChI=1S/C13H25N3/c1-12(2)14-9-6-4-5-7-11-16-13(3)8-10-15-16/h8,10,12,14H,4-7,9,11H2,1-3H3. The van der Waals surface area contributed by atoms with Crippen molar-refractivity contribution in [3.05, 3.63) is 18.0 Å². The van der Waals surface area contributed by atoms with Gasteiger partial charge in [-0.3, -0.25) is 4.68 Å². The molecule has 0 aliphatic rings. The van der Waals surface area contributed by atoms with Crippen LogP contribution < -0.4 is 5.32 Å². The molecule has 0 saturated heterocycles. The minimum atomic E-state index is 0.617. The Morgan fingerprint density at radius 3 is 2.62 bits per heavy atom. The molecule has 0 spiro atoms. The highest BCUT2D eigenvalue weighted by molar-refractivity contribution is 4.96. The molecule has 3 heteroatoms. The van der Waals surface area contributed by atoms with Crippen LogP contribution in [-0.4, -0.2) is 22.4 Å². The second kappa shape index (κ2) is 7.44. The Morgan fingerprint density at radius 1 is 1.25 bits per heavy atom. The van der Waals surface area contributed by atoms with Crippen LogP contribution in [0.3, 0.4) is 0 Å². The van der Waals surface area contributed by atoms with E-state index in [0.29, 0.717) is 6.04 Å². The summed E-state index contributed by atoms with van der Waals surface area (Å²) in [6.07, 6.45) is 7.03. The minimum absolute atomic E-state index is 0.617. The van der Waals surface area contributed by atoms with E-state index in [2.05, 4.69) is 41.9 Å². The van der Waals surface area contributed by atoms with Crippen molar-refractivity contribution >= 4 is 0 Å². The fraction of sp³-hybridized carbons (Fsp3) is 0.769. The highest BCUT2D eigenvalue weighted by Gasteiger charge is 1.97. The van der Waals surface area contributed by atoms with Crippen LogP contribution in [0.4, 0.5) is 0 Å². The monoisotopic (exact) mass is 223 g/mol. The summed E-state index contributed by atoms with van der Waals surface area (Å²) < 4.78 is 2.09. The fourth-order valence-electron chi connectivity index (χ4n) is 1.76. The van der Waals surface area contributed by atoms with Crippen molar-refractivity contribution in [2.24, 2.45) is 0 Å². The zero-order chi connectivity index (χ0) is 11.8. The molecule has 92 valence electrons. The van der Waals surface area contributed by atoms with Gasteiger partial charge >= 0.3 is 0 Å². The van der Waals surface area contributed by atoms with Crippen molar-refractivity contribution < 1.29 is 0 Å². The predicted octanol–water partition coefficient (Wildman–Crippen LogP) is 2.75. The van der Waals surface area contributed by atoms with Crippen molar-refractivity contribution in [1.29, 1.82) is 0 Å². The largest absolute Gasteiger partial charge is 0.315 e. The van der Waals surface area contributed by atoms with Crippen LogP contribution >= 0.6 is 0 Å². The number of hydrogen-bond acceptors (Lipinski definition) is 2. The van der Waals surface area contributed by atoms with E-state index in [1.807, 2.05) is 6.20 Å². The molecule has 3 nitrogen and oxygen atoms in total. The van der Waals surface area contributed by atoms with Crippen molar-refractivity contribution in [2.75, 3.05) is 6.54 Å². The molecular formula is C13H25N3. The molecule has 0 aliphatic carbocycles. The number of unbranched alkanes of at least 4 members (excludes halogenated alkanes) is 3. The molecule has 0 atom stereocenters. The molecule has 0 radical (unpaired) electrons. The molecule has 0 bridgehead atoms. The van der Waals surface area contributed by atoms with Gasteiger partial charge in [-0.05, 0) is 32.4 Å². The summed E-state index contributed by atoms with van der Waals surface area (Å²) >= 11 is 0. The summed E-state index contributed by atoms with van der Waals surface area (Å²) in [6.45, 7) is 8.72. The maximum atomic E-state index is 4.28. The van der Waals surface area contributed by atoms with Crippen LogP contribution in [0.1, 0.15) is 45.2 Å². The van der Waals surface area contributed by atoms with Gasteiger partial charge in [0.25, 0.3) is 0 Å². The number of hydrogen-bond donors (Lipinski definition) is 1. The molecule has 1 aromatic heterocycles. The van der Waals surface area contributed by atoms with E-state index in [1.54, 1.807) is 0 Å². The van der Waals surface area contributed by atoms with E-state index in [1.165, 1.54) is 31.4 Å². The maximum Gasteiger partial charge on any atom is 0.0492 e. The van der Waals surface area contributed by atoms with Gasteiger partial charge in [-0.25, -0.2) is 0 Å². The molecule has 0 unspecified atom stereocenters. The molecule has 0 aromatic carbocycles. The minimum Gasteiger partial charge on any atom is -0.315 e. The lowest BCUT2D eigenvalue weighted by Gasteiger charge is -2.07. The summed E-state index contributed by atoms with van der Waals surface area (Å²) in [5.41, 5.74) is 1.27. The van der Waals surface area contributed by atoms with E-state index in [4.69, 9.17) is 0 Å². The average molecular weight is 223 g/mol. The first-order valence-corrected chi connectivity index (χ1v) is 6.42. The molecule has 1 aromatic rings. The van der Waals surface area contributed by atoms with Gasteiger partial charge in [-0.15, -0.1) is 0 Å². The average Bonchev–Trinajstić information content (AvgIpc) is 2.62. The van der Waals surface area contributed by atoms with E-state index >= 15 is 0 Å². The van der Waals surface area contributed by atoms with Gasteiger partial charge in [0.05, 0.1) is 0 Å². The topological polar surface area (TPSA) is 29.9 Å². The molecule has 1 N–H and O–H groups in total. The second-order valence-electron chi connectivity index (χ2n) is 4.72. The molecular weight excluding hydrogens is 198 g/mol. The van der Waals surface area contributed by atoms with Crippen molar-refractivity contribution in [3.63, 3.8) is 0 Å². The van der Waals surface area contributed by atoms with Crippen LogP contribution in [-0.2, 0) is 6.54 Å². The third kappa shape index (κ3) is 5.31. The SMILES string of the molecule is Cc1ccnn1CCCCCCNC(C)C. The third-order valence-electron chi connectivity index (χ3n) is 2.78. The van der Waals surface area contributed by atoms with E-state index in [9.17, 15) is 0 Å². The third-order valence-corrected chi connectivity index (χ3v) is 2.78. The molecule has 1 heterocycles.